The molecule has 1 heterocycles. The van der Waals surface area contributed by atoms with Crippen LogP contribution in [0.4, 0.5) is 0 Å². The molecule has 2 N–H and O–H groups in total. The predicted molar refractivity (Wildman–Crippen MR) is 75.6 cm³/mol. The average molecular weight is 267 g/mol. The second-order valence-electron chi connectivity index (χ2n) is 4.28. The minimum atomic E-state index is 0.0508. The van der Waals surface area contributed by atoms with Crippen molar-refractivity contribution in [3.8, 4) is 0 Å². The monoisotopic (exact) mass is 267 g/mol. The Bertz CT molecular complexity index is 365. The van der Waals surface area contributed by atoms with E-state index in [4.69, 9.17) is 0 Å². The van der Waals surface area contributed by atoms with Crippen molar-refractivity contribution in [1.82, 2.24) is 15.6 Å². The number of amides is 1. The number of carbonyl (C=O) groups excluding carboxylic acids is 1. The van der Waals surface area contributed by atoms with Gasteiger partial charge in [-0.3, -0.25) is 4.79 Å². The lowest BCUT2D eigenvalue weighted by Gasteiger charge is -2.08. The molecule has 18 heavy (non-hydrogen) atoms. The summed E-state index contributed by atoms with van der Waals surface area (Å²) in [5.41, 5.74) is 1.16. The van der Waals surface area contributed by atoms with E-state index in [2.05, 4.69) is 29.5 Å². The summed E-state index contributed by atoms with van der Waals surface area (Å²) in [5, 5.41) is 6.98. The zero-order valence-electron chi connectivity index (χ0n) is 11.2. The van der Waals surface area contributed by atoms with Crippen molar-refractivity contribution in [2.24, 2.45) is 0 Å². The second kappa shape index (κ2) is 8.11. The summed E-state index contributed by atoms with van der Waals surface area (Å²) >= 11 is 1.46. The number of carbonyl (C=O) groups is 1. The van der Waals surface area contributed by atoms with Gasteiger partial charge in [0.05, 0.1) is 10.8 Å². The van der Waals surface area contributed by atoms with Gasteiger partial charge < -0.3 is 10.6 Å². The Balaban J connectivity index is 2.38. The number of nitrogens with one attached hydrogen (secondary N) is 2. The van der Waals surface area contributed by atoms with Crippen LogP contribution >= 0.6 is 11.8 Å². The van der Waals surface area contributed by atoms with Crippen LogP contribution in [-0.4, -0.2) is 29.2 Å². The average Bonchev–Trinajstić information content (AvgIpc) is 2.35. The standard InChI is InChI=1S/C13H21N3OS/c1-4-14-12(17)9-18-13-6-5-11(8-16-13)7-15-10(2)3/h5-6,8,10,15H,4,7,9H2,1-3H3,(H,14,17). The molecule has 5 heteroatoms. The van der Waals surface area contributed by atoms with Crippen LogP contribution in [0.3, 0.4) is 0 Å². The smallest absolute Gasteiger partial charge is 0.230 e. The molecule has 0 saturated carbocycles. The molecule has 0 aliphatic rings. The second-order valence-corrected chi connectivity index (χ2v) is 5.28. The van der Waals surface area contributed by atoms with Crippen LogP contribution < -0.4 is 10.6 Å². The van der Waals surface area contributed by atoms with Gasteiger partial charge in [0.15, 0.2) is 0 Å². The number of pyridine rings is 1. The minimum Gasteiger partial charge on any atom is -0.356 e. The van der Waals surface area contributed by atoms with Gasteiger partial charge in [-0.05, 0) is 18.6 Å². The number of hydrogen-bond acceptors (Lipinski definition) is 4. The molecular formula is C13H21N3OS. The first-order chi connectivity index (χ1) is 8.61. The van der Waals surface area contributed by atoms with Gasteiger partial charge in [-0.2, -0.15) is 0 Å². The van der Waals surface area contributed by atoms with Crippen LogP contribution in [0.1, 0.15) is 26.3 Å². The molecule has 0 aromatic carbocycles. The molecule has 0 aliphatic carbocycles. The van der Waals surface area contributed by atoms with Crippen molar-refractivity contribution in [3.63, 3.8) is 0 Å². The topological polar surface area (TPSA) is 54.0 Å². The van der Waals surface area contributed by atoms with Gasteiger partial charge in [0.1, 0.15) is 0 Å². The van der Waals surface area contributed by atoms with Crippen molar-refractivity contribution in [2.75, 3.05) is 12.3 Å². The van der Waals surface area contributed by atoms with E-state index in [1.807, 2.05) is 25.3 Å². The molecule has 1 aromatic heterocycles. The maximum atomic E-state index is 11.3. The zero-order chi connectivity index (χ0) is 13.4. The molecule has 0 radical (unpaired) electrons. The third kappa shape index (κ3) is 6.02. The molecule has 0 saturated heterocycles. The van der Waals surface area contributed by atoms with Crippen LogP contribution in [-0.2, 0) is 11.3 Å². The van der Waals surface area contributed by atoms with Crippen molar-refractivity contribution in [3.05, 3.63) is 23.9 Å². The Kier molecular flexibility index (Phi) is 6.75. The maximum Gasteiger partial charge on any atom is 0.230 e. The van der Waals surface area contributed by atoms with Crippen LogP contribution in [0, 0.1) is 0 Å². The molecule has 100 valence electrons. The number of nitrogens with zero attached hydrogens (tertiary/aromatic N) is 1. The zero-order valence-corrected chi connectivity index (χ0v) is 12.0. The normalized spacial score (nSPS) is 10.7. The lowest BCUT2D eigenvalue weighted by Crippen LogP contribution is -2.24. The predicted octanol–water partition coefficient (Wildman–Crippen LogP) is 1.81. The highest BCUT2D eigenvalue weighted by atomic mass is 32.2. The van der Waals surface area contributed by atoms with E-state index in [1.165, 1.54) is 11.8 Å². The number of rotatable bonds is 7. The van der Waals surface area contributed by atoms with Crippen molar-refractivity contribution in [2.45, 2.75) is 38.4 Å². The summed E-state index contributed by atoms with van der Waals surface area (Å²) < 4.78 is 0. The molecule has 0 aliphatic heterocycles. The van der Waals surface area contributed by atoms with Gasteiger partial charge in [0, 0.05) is 25.3 Å². The van der Waals surface area contributed by atoms with E-state index >= 15 is 0 Å². The summed E-state index contributed by atoms with van der Waals surface area (Å²) in [6.45, 7) is 7.64. The molecule has 1 rings (SSSR count). The Morgan fingerprint density at radius 2 is 2.22 bits per heavy atom. The van der Waals surface area contributed by atoms with Gasteiger partial charge in [0.2, 0.25) is 5.91 Å². The summed E-state index contributed by atoms with van der Waals surface area (Å²) in [4.78, 5) is 15.6. The first-order valence-electron chi connectivity index (χ1n) is 6.19. The van der Waals surface area contributed by atoms with Gasteiger partial charge in [0.25, 0.3) is 0 Å². The van der Waals surface area contributed by atoms with E-state index < -0.39 is 0 Å². The van der Waals surface area contributed by atoms with Gasteiger partial charge in [-0.15, -0.1) is 0 Å². The minimum absolute atomic E-state index is 0.0508. The van der Waals surface area contributed by atoms with Crippen LogP contribution in [0.15, 0.2) is 23.4 Å². The Morgan fingerprint density at radius 1 is 1.44 bits per heavy atom. The molecule has 0 unspecified atom stereocenters. The summed E-state index contributed by atoms with van der Waals surface area (Å²) in [7, 11) is 0. The lowest BCUT2D eigenvalue weighted by molar-refractivity contribution is -0.118. The third-order valence-electron chi connectivity index (χ3n) is 2.24. The van der Waals surface area contributed by atoms with E-state index in [1.54, 1.807) is 0 Å². The largest absolute Gasteiger partial charge is 0.356 e. The molecule has 0 spiro atoms. The van der Waals surface area contributed by atoms with Gasteiger partial charge in [-0.1, -0.05) is 31.7 Å². The molecule has 0 atom stereocenters. The first kappa shape index (κ1) is 15.0. The van der Waals surface area contributed by atoms with Crippen molar-refractivity contribution < 1.29 is 4.79 Å². The van der Waals surface area contributed by atoms with Crippen LogP contribution in [0.2, 0.25) is 0 Å². The van der Waals surface area contributed by atoms with E-state index in [0.717, 1.165) is 17.1 Å². The summed E-state index contributed by atoms with van der Waals surface area (Å²) in [6.07, 6.45) is 1.86. The molecule has 4 nitrogen and oxygen atoms in total. The third-order valence-corrected chi connectivity index (χ3v) is 3.18. The highest BCUT2D eigenvalue weighted by Gasteiger charge is 2.02. The van der Waals surface area contributed by atoms with Gasteiger partial charge >= 0.3 is 0 Å². The Hall–Kier alpha value is -1.07. The van der Waals surface area contributed by atoms with Crippen molar-refractivity contribution >= 4 is 17.7 Å². The quantitative estimate of drug-likeness (QED) is 0.740. The number of thioether (sulfide) groups is 1. The fourth-order valence-corrected chi connectivity index (χ4v) is 1.98. The van der Waals surface area contributed by atoms with E-state index in [9.17, 15) is 4.79 Å². The van der Waals surface area contributed by atoms with Gasteiger partial charge in [-0.25, -0.2) is 4.98 Å². The number of aromatic nitrogens is 1. The number of hydrogen-bond donors (Lipinski definition) is 2. The van der Waals surface area contributed by atoms with Crippen molar-refractivity contribution in [1.29, 1.82) is 0 Å². The maximum absolute atomic E-state index is 11.3. The molecule has 0 bridgehead atoms. The summed E-state index contributed by atoms with van der Waals surface area (Å²) in [6, 6.07) is 4.47. The summed E-state index contributed by atoms with van der Waals surface area (Å²) in [5.74, 6) is 0.472. The fraction of sp³-hybridized carbons (Fsp3) is 0.538. The lowest BCUT2D eigenvalue weighted by atomic mass is 10.2. The molecular weight excluding hydrogens is 246 g/mol. The SMILES string of the molecule is CCNC(=O)CSc1ccc(CNC(C)C)cn1. The molecule has 1 amide bonds. The molecule has 0 fully saturated rings. The molecule has 1 aromatic rings. The Labute approximate surface area is 113 Å². The van der Waals surface area contributed by atoms with E-state index in [0.29, 0.717) is 18.3 Å². The van der Waals surface area contributed by atoms with Crippen LogP contribution in [0.5, 0.6) is 0 Å². The first-order valence-corrected chi connectivity index (χ1v) is 7.18. The van der Waals surface area contributed by atoms with E-state index in [-0.39, 0.29) is 5.91 Å². The highest BCUT2D eigenvalue weighted by Crippen LogP contribution is 2.14. The fourth-order valence-electron chi connectivity index (χ4n) is 1.31. The Morgan fingerprint density at radius 3 is 2.78 bits per heavy atom. The highest BCUT2D eigenvalue weighted by molar-refractivity contribution is 7.99. The van der Waals surface area contributed by atoms with Crippen LogP contribution in [0.25, 0.3) is 0 Å².